The van der Waals surface area contributed by atoms with E-state index in [0.29, 0.717) is 11.6 Å². The largest absolute Gasteiger partial charge is 0.360 e. The standard InChI is InChI=1S/C23H32N4O2/c1-23(2,3)17-8-9-20-19(15-17)21(25-29-20)22(28)27-12-6-11-26(13-14-27)16-18-7-4-5-10-24-18/h4-5,7,10,17H,6,8-9,11-16H2,1-3H3. The van der Waals surface area contributed by atoms with Crippen molar-refractivity contribution in [1.29, 1.82) is 0 Å². The zero-order valence-electron chi connectivity index (χ0n) is 17.9. The molecular formula is C23H32N4O2. The smallest absolute Gasteiger partial charge is 0.276 e. The second kappa shape index (κ2) is 8.27. The fourth-order valence-electron chi connectivity index (χ4n) is 4.51. The highest BCUT2D eigenvalue weighted by atomic mass is 16.5. The van der Waals surface area contributed by atoms with Crippen LogP contribution in [0.5, 0.6) is 0 Å². The number of rotatable bonds is 3. The third kappa shape index (κ3) is 4.53. The molecular weight excluding hydrogens is 364 g/mol. The summed E-state index contributed by atoms with van der Waals surface area (Å²) in [7, 11) is 0. The Morgan fingerprint density at radius 2 is 2.07 bits per heavy atom. The Bertz CT molecular complexity index is 840. The van der Waals surface area contributed by atoms with Crippen LogP contribution in [0, 0.1) is 11.3 Å². The molecule has 1 aliphatic carbocycles. The molecule has 0 N–H and O–H groups in total. The number of carbonyl (C=O) groups is 1. The number of aryl methyl sites for hydroxylation is 1. The van der Waals surface area contributed by atoms with Gasteiger partial charge in [0.1, 0.15) is 5.76 Å². The van der Waals surface area contributed by atoms with Gasteiger partial charge < -0.3 is 9.42 Å². The van der Waals surface area contributed by atoms with Gasteiger partial charge in [-0.05, 0) is 42.7 Å². The number of hydrogen-bond donors (Lipinski definition) is 0. The van der Waals surface area contributed by atoms with E-state index in [1.807, 2.05) is 23.2 Å². The number of nitrogens with zero attached hydrogens (tertiary/aromatic N) is 4. The lowest BCUT2D eigenvalue weighted by atomic mass is 9.71. The van der Waals surface area contributed by atoms with Crippen LogP contribution in [0.4, 0.5) is 0 Å². The first-order chi connectivity index (χ1) is 13.9. The second-order valence-corrected chi connectivity index (χ2v) is 9.48. The van der Waals surface area contributed by atoms with Gasteiger partial charge in [0.15, 0.2) is 5.69 Å². The van der Waals surface area contributed by atoms with Crippen molar-refractivity contribution in [2.75, 3.05) is 26.2 Å². The number of pyridine rings is 1. The highest BCUT2D eigenvalue weighted by molar-refractivity contribution is 5.94. The molecule has 3 heterocycles. The lowest BCUT2D eigenvalue weighted by Gasteiger charge is -2.33. The summed E-state index contributed by atoms with van der Waals surface area (Å²) < 4.78 is 5.58. The third-order valence-corrected chi connectivity index (χ3v) is 6.45. The number of aromatic nitrogens is 2. The van der Waals surface area contributed by atoms with Crippen LogP contribution in [-0.2, 0) is 19.4 Å². The molecule has 1 aliphatic heterocycles. The van der Waals surface area contributed by atoms with E-state index in [-0.39, 0.29) is 11.3 Å². The monoisotopic (exact) mass is 396 g/mol. The number of amides is 1. The molecule has 2 aromatic rings. The second-order valence-electron chi connectivity index (χ2n) is 9.48. The molecule has 29 heavy (non-hydrogen) atoms. The average Bonchev–Trinajstić information content (AvgIpc) is 2.99. The Labute approximate surface area is 173 Å². The molecule has 1 saturated heterocycles. The van der Waals surface area contributed by atoms with Crippen LogP contribution in [0.3, 0.4) is 0 Å². The summed E-state index contributed by atoms with van der Waals surface area (Å²) in [5.41, 5.74) is 2.90. The maximum Gasteiger partial charge on any atom is 0.276 e. The van der Waals surface area contributed by atoms with Crippen LogP contribution in [-0.4, -0.2) is 52.0 Å². The maximum atomic E-state index is 13.3. The summed E-state index contributed by atoms with van der Waals surface area (Å²) in [6.07, 6.45) is 5.68. The Hall–Kier alpha value is -2.21. The Morgan fingerprint density at radius 1 is 1.21 bits per heavy atom. The fourth-order valence-corrected chi connectivity index (χ4v) is 4.51. The van der Waals surface area contributed by atoms with Crippen LogP contribution in [0.2, 0.25) is 0 Å². The zero-order chi connectivity index (χ0) is 20.4. The molecule has 0 radical (unpaired) electrons. The van der Waals surface area contributed by atoms with E-state index in [2.05, 4.69) is 41.9 Å². The van der Waals surface area contributed by atoms with Crippen molar-refractivity contribution in [3.8, 4) is 0 Å². The molecule has 1 fully saturated rings. The normalized spacial score (nSPS) is 20.9. The van der Waals surface area contributed by atoms with Crippen molar-refractivity contribution in [2.45, 2.75) is 53.0 Å². The predicted octanol–water partition coefficient (Wildman–Crippen LogP) is 3.57. The van der Waals surface area contributed by atoms with Crippen LogP contribution < -0.4 is 0 Å². The minimum absolute atomic E-state index is 0.0317. The van der Waals surface area contributed by atoms with Gasteiger partial charge in [-0.15, -0.1) is 0 Å². The first kappa shape index (κ1) is 20.1. The van der Waals surface area contributed by atoms with Gasteiger partial charge in [-0.1, -0.05) is 32.0 Å². The highest BCUT2D eigenvalue weighted by Crippen LogP contribution is 2.38. The number of fused-ring (bicyclic) bond motifs is 1. The van der Waals surface area contributed by atoms with Crippen LogP contribution in [0.15, 0.2) is 28.9 Å². The van der Waals surface area contributed by atoms with Crippen molar-refractivity contribution in [2.24, 2.45) is 11.3 Å². The maximum absolute atomic E-state index is 13.3. The Balaban J connectivity index is 1.42. The summed E-state index contributed by atoms with van der Waals surface area (Å²) in [5.74, 6) is 1.50. The van der Waals surface area contributed by atoms with Gasteiger partial charge in [-0.2, -0.15) is 0 Å². The van der Waals surface area contributed by atoms with Crippen LogP contribution in [0.1, 0.15) is 61.1 Å². The molecule has 6 nitrogen and oxygen atoms in total. The van der Waals surface area contributed by atoms with Crippen LogP contribution >= 0.6 is 0 Å². The van der Waals surface area contributed by atoms with Crippen molar-refractivity contribution in [3.63, 3.8) is 0 Å². The fraction of sp³-hybridized carbons (Fsp3) is 0.609. The Morgan fingerprint density at radius 3 is 2.83 bits per heavy atom. The Kier molecular flexibility index (Phi) is 5.72. The first-order valence-corrected chi connectivity index (χ1v) is 10.8. The molecule has 4 rings (SSSR count). The van der Waals surface area contributed by atoms with E-state index >= 15 is 0 Å². The summed E-state index contributed by atoms with van der Waals surface area (Å²) in [6.45, 7) is 11.0. The van der Waals surface area contributed by atoms with Gasteiger partial charge in [-0.25, -0.2) is 0 Å². The molecule has 0 saturated carbocycles. The summed E-state index contributed by atoms with van der Waals surface area (Å²) in [5, 5.41) is 4.22. The lowest BCUT2D eigenvalue weighted by Crippen LogP contribution is -2.36. The van der Waals surface area contributed by atoms with Crippen molar-refractivity contribution < 1.29 is 9.32 Å². The molecule has 1 atom stereocenters. The zero-order valence-corrected chi connectivity index (χ0v) is 17.9. The molecule has 0 bridgehead atoms. The van der Waals surface area contributed by atoms with Gasteiger partial charge in [0.2, 0.25) is 0 Å². The third-order valence-electron chi connectivity index (χ3n) is 6.45. The quantitative estimate of drug-likeness (QED) is 0.794. The molecule has 156 valence electrons. The molecule has 2 aromatic heterocycles. The number of hydrogen-bond acceptors (Lipinski definition) is 5. The molecule has 2 aliphatic rings. The van der Waals surface area contributed by atoms with Gasteiger partial charge >= 0.3 is 0 Å². The number of carbonyl (C=O) groups excluding carboxylic acids is 1. The van der Waals surface area contributed by atoms with E-state index in [9.17, 15) is 4.79 Å². The van der Waals surface area contributed by atoms with E-state index < -0.39 is 0 Å². The minimum atomic E-state index is 0.0317. The van der Waals surface area contributed by atoms with E-state index in [1.165, 1.54) is 0 Å². The SMILES string of the molecule is CC(C)(C)C1CCc2onc(C(=O)N3CCCN(Cc4ccccn4)CC3)c2C1. The summed E-state index contributed by atoms with van der Waals surface area (Å²) in [4.78, 5) is 22.0. The predicted molar refractivity (Wildman–Crippen MR) is 112 cm³/mol. The van der Waals surface area contributed by atoms with E-state index in [0.717, 1.165) is 75.4 Å². The molecule has 0 spiro atoms. The lowest BCUT2D eigenvalue weighted by molar-refractivity contribution is 0.0749. The van der Waals surface area contributed by atoms with E-state index in [1.54, 1.807) is 0 Å². The van der Waals surface area contributed by atoms with Gasteiger partial charge in [0.25, 0.3) is 5.91 Å². The van der Waals surface area contributed by atoms with Gasteiger partial charge in [-0.3, -0.25) is 14.7 Å². The molecule has 1 unspecified atom stereocenters. The molecule has 6 heteroatoms. The topological polar surface area (TPSA) is 62.5 Å². The highest BCUT2D eigenvalue weighted by Gasteiger charge is 2.35. The van der Waals surface area contributed by atoms with Gasteiger partial charge in [0.05, 0.1) is 5.69 Å². The van der Waals surface area contributed by atoms with Crippen molar-refractivity contribution >= 4 is 5.91 Å². The molecule has 0 aromatic carbocycles. The summed E-state index contributed by atoms with van der Waals surface area (Å²) >= 11 is 0. The average molecular weight is 397 g/mol. The summed E-state index contributed by atoms with van der Waals surface area (Å²) in [6, 6.07) is 6.02. The van der Waals surface area contributed by atoms with E-state index in [4.69, 9.17) is 4.52 Å². The van der Waals surface area contributed by atoms with Crippen molar-refractivity contribution in [1.82, 2.24) is 19.9 Å². The molecule has 1 amide bonds. The van der Waals surface area contributed by atoms with Crippen molar-refractivity contribution in [3.05, 3.63) is 47.1 Å². The minimum Gasteiger partial charge on any atom is -0.360 e. The van der Waals surface area contributed by atoms with Crippen LogP contribution in [0.25, 0.3) is 0 Å². The van der Waals surface area contributed by atoms with Gasteiger partial charge in [0, 0.05) is 50.9 Å². The first-order valence-electron chi connectivity index (χ1n) is 10.8.